The molecule has 0 aliphatic carbocycles. The molecule has 0 aromatic carbocycles. The second-order valence-corrected chi connectivity index (χ2v) is 5.04. The SMILES string of the molecule is Cl.Cl.O=C(CCC1CCNCC1)NCc1nccn1C(F)F. The summed E-state index contributed by atoms with van der Waals surface area (Å²) in [6, 6.07) is 0. The Balaban J connectivity index is 0.00000220. The van der Waals surface area contributed by atoms with Crippen molar-refractivity contribution in [2.75, 3.05) is 13.1 Å². The third kappa shape index (κ3) is 6.46. The number of rotatable bonds is 6. The highest BCUT2D eigenvalue weighted by Crippen LogP contribution is 2.17. The van der Waals surface area contributed by atoms with Crippen molar-refractivity contribution in [2.45, 2.75) is 38.8 Å². The van der Waals surface area contributed by atoms with Gasteiger partial charge in [-0.1, -0.05) is 0 Å². The predicted octanol–water partition coefficient (Wildman–Crippen LogP) is 2.52. The number of hydrogen-bond acceptors (Lipinski definition) is 3. The quantitative estimate of drug-likeness (QED) is 0.821. The summed E-state index contributed by atoms with van der Waals surface area (Å²) in [6.07, 6.45) is 6.02. The number of piperidine rings is 1. The number of imidazole rings is 1. The largest absolute Gasteiger partial charge is 0.349 e. The highest BCUT2D eigenvalue weighted by molar-refractivity contribution is 5.85. The molecule has 1 fully saturated rings. The van der Waals surface area contributed by atoms with E-state index in [1.807, 2.05) is 0 Å². The Labute approximate surface area is 141 Å². The van der Waals surface area contributed by atoms with Crippen molar-refractivity contribution in [1.29, 1.82) is 0 Å². The van der Waals surface area contributed by atoms with Crippen LogP contribution in [-0.2, 0) is 11.3 Å². The van der Waals surface area contributed by atoms with Crippen LogP contribution in [0.25, 0.3) is 0 Å². The van der Waals surface area contributed by atoms with Crippen molar-refractivity contribution < 1.29 is 13.6 Å². The Bertz CT molecular complexity index is 439. The molecule has 5 nitrogen and oxygen atoms in total. The minimum absolute atomic E-state index is 0. The van der Waals surface area contributed by atoms with Crippen LogP contribution in [0.3, 0.4) is 0 Å². The van der Waals surface area contributed by atoms with Crippen molar-refractivity contribution in [1.82, 2.24) is 20.2 Å². The van der Waals surface area contributed by atoms with Gasteiger partial charge >= 0.3 is 6.55 Å². The highest BCUT2D eigenvalue weighted by Gasteiger charge is 2.15. The fourth-order valence-corrected chi connectivity index (χ4v) is 2.43. The van der Waals surface area contributed by atoms with Crippen LogP contribution in [0.5, 0.6) is 0 Å². The van der Waals surface area contributed by atoms with E-state index in [1.165, 1.54) is 12.4 Å². The lowest BCUT2D eigenvalue weighted by molar-refractivity contribution is -0.121. The average Bonchev–Trinajstić information content (AvgIpc) is 2.92. The van der Waals surface area contributed by atoms with Crippen molar-refractivity contribution in [3.05, 3.63) is 18.2 Å². The van der Waals surface area contributed by atoms with E-state index in [1.54, 1.807) is 0 Å². The summed E-state index contributed by atoms with van der Waals surface area (Å²) >= 11 is 0. The molecule has 1 aliphatic heterocycles. The van der Waals surface area contributed by atoms with E-state index in [0.29, 0.717) is 12.3 Å². The van der Waals surface area contributed by atoms with Crippen molar-refractivity contribution >= 4 is 30.7 Å². The van der Waals surface area contributed by atoms with Gasteiger partial charge in [-0.15, -0.1) is 24.8 Å². The van der Waals surface area contributed by atoms with Gasteiger partial charge in [-0.3, -0.25) is 9.36 Å². The summed E-state index contributed by atoms with van der Waals surface area (Å²) in [6.45, 7) is -0.558. The van der Waals surface area contributed by atoms with Crippen LogP contribution in [0.4, 0.5) is 8.78 Å². The zero-order valence-electron chi connectivity index (χ0n) is 12.1. The first-order chi connectivity index (χ1) is 9.66. The van der Waals surface area contributed by atoms with E-state index in [9.17, 15) is 13.6 Å². The lowest BCUT2D eigenvalue weighted by Crippen LogP contribution is -2.29. The van der Waals surface area contributed by atoms with E-state index in [-0.39, 0.29) is 43.1 Å². The van der Waals surface area contributed by atoms with Crippen LogP contribution in [-0.4, -0.2) is 28.5 Å². The molecule has 0 spiro atoms. The lowest BCUT2D eigenvalue weighted by Gasteiger charge is -2.22. The van der Waals surface area contributed by atoms with Gasteiger partial charge in [-0.05, 0) is 38.3 Å². The molecular formula is C13H22Cl2F2N4O. The Kier molecular flexibility index (Phi) is 10.3. The molecule has 2 heterocycles. The van der Waals surface area contributed by atoms with E-state index in [0.717, 1.165) is 36.9 Å². The molecule has 0 saturated carbocycles. The first kappa shape index (κ1) is 21.1. The molecule has 9 heteroatoms. The third-order valence-corrected chi connectivity index (χ3v) is 3.64. The van der Waals surface area contributed by atoms with Gasteiger partial charge in [-0.2, -0.15) is 8.78 Å². The molecule has 0 unspecified atom stereocenters. The normalized spacial score (nSPS) is 15.0. The Morgan fingerprint density at radius 3 is 2.73 bits per heavy atom. The first-order valence-corrected chi connectivity index (χ1v) is 6.94. The highest BCUT2D eigenvalue weighted by atomic mass is 35.5. The molecule has 2 rings (SSSR count). The van der Waals surface area contributed by atoms with Gasteiger partial charge in [0.1, 0.15) is 5.82 Å². The van der Waals surface area contributed by atoms with Crippen molar-refractivity contribution in [2.24, 2.45) is 5.92 Å². The molecular weight excluding hydrogens is 337 g/mol. The van der Waals surface area contributed by atoms with Crippen molar-refractivity contribution in [3.8, 4) is 0 Å². The Morgan fingerprint density at radius 2 is 2.09 bits per heavy atom. The maximum absolute atomic E-state index is 12.6. The van der Waals surface area contributed by atoms with Gasteiger partial charge in [0, 0.05) is 18.8 Å². The number of carbonyl (C=O) groups excluding carboxylic acids is 1. The molecule has 1 aromatic rings. The molecule has 128 valence electrons. The summed E-state index contributed by atoms with van der Waals surface area (Å²) in [5, 5.41) is 5.93. The van der Waals surface area contributed by atoms with Gasteiger partial charge in [0.2, 0.25) is 5.91 Å². The van der Waals surface area contributed by atoms with Crippen LogP contribution in [0, 0.1) is 5.92 Å². The zero-order valence-corrected chi connectivity index (χ0v) is 13.8. The van der Waals surface area contributed by atoms with Crippen LogP contribution >= 0.6 is 24.8 Å². The van der Waals surface area contributed by atoms with E-state index in [2.05, 4.69) is 15.6 Å². The standard InChI is InChI=1S/C13H20F2N4O.2ClH/c14-13(15)19-8-7-17-11(19)9-18-12(20)2-1-10-3-5-16-6-4-10;;/h7-8,10,13,16H,1-6,9H2,(H,18,20);2*1H. The molecule has 1 aliphatic rings. The van der Waals surface area contributed by atoms with E-state index >= 15 is 0 Å². The third-order valence-electron chi connectivity index (χ3n) is 3.64. The van der Waals surface area contributed by atoms with E-state index in [4.69, 9.17) is 0 Å². The van der Waals surface area contributed by atoms with Crippen molar-refractivity contribution in [3.63, 3.8) is 0 Å². The minimum Gasteiger partial charge on any atom is -0.349 e. The second-order valence-electron chi connectivity index (χ2n) is 5.04. The van der Waals surface area contributed by atoms with Crippen LogP contribution < -0.4 is 10.6 Å². The molecule has 1 aromatic heterocycles. The number of aromatic nitrogens is 2. The topological polar surface area (TPSA) is 59.0 Å². The van der Waals surface area contributed by atoms with Crippen LogP contribution in [0.15, 0.2) is 12.4 Å². The summed E-state index contributed by atoms with van der Waals surface area (Å²) in [7, 11) is 0. The number of nitrogens with one attached hydrogen (secondary N) is 2. The van der Waals surface area contributed by atoms with Gasteiger partial charge in [0.25, 0.3) is 0 Å². The Hall–Kier alpha value is -0.920. The lowest BCUT2D eigenvalue weighted by atomic mass is 9.93. The maximum atomic E-state index is 12.6. The monoisotopic (exact) mass is 358 g/mol. The number of hydrogen-bond donors (Lipinski definition) is 2. The van der Waals surface area contributed by atoms with Gasteiger partial charge < -0.3 is 10.6 Å². The second kappa shape index (κ2) is 10.7. The summed E-state index contributed by atoms with van der Waals surface area (Å²) in [5.74, 6) is 0.660. The number of nitrogens with zero attached hydrogens (tertiary/aromatic N) is 2. The number of carbonyl (C=O) groups is 1. The summed E-state index contributed by atoms with van der Waals surface area (Å²) in [4.78, 5) is 15.5. The smallest absolute Gasteiger partial charge is 0.319 e. The molecule has 0 atom stereocenters. The molecule has 22 heavy (non-hydrogen) atoms. The predicted molar refractivity (Wildman–Crippen MR) is 84.7 cm³/mol. The molecule has 1 amide bonds. The first-order valence-electron chi connectivity index (χ1n) is 6.94. The number of alkyl halides is 2. The summed E-state index contributed by atoms with van der Waals surface area (Å²) in [5.41, 5.74) is 0. The van der Waals surface area contributed by atoms with Crippen LogP contribution in [0.2, 0.25) is 0 Å². The summed E-state index contributed by atoms with van der Waals surface area (Å²) < 4.78 is 25.9. The Morgan fingerprint density at radius 1 is 1.41 bits per heavy atom. The molecule has 1 saturated heterocycles. The molecule has 2 N–H and O–H groups in total. The maximum Gasteiger partial charge on any atom is 0.319 e. The van der Waals surface area contributed by atoms with Crippen LogP contribution in [0.1, 0.15) is 38.1 Å². The molecule has 0 radical (unpaired) electrons. The average molecular weight is 359 g/mol. The zero-order chi connectivity index (χ0) is 14.4. The number of amides is 1. The molecule has 0 bridgehead atoms. The van der Waals surface area contributed by atoms with Gasteiger partial charge in [-0.25, -0.2) is 4.98 Å². The van der Waals surface area contributed by atoms with E-state index < -0.39 is 6.55 Å². The van der Waals surface area contributed by atoms with Gasteiger partial charge in [0.15, 0.2) is 0 Å². The number of halogens is 4. The van der Waals surface area contributed by atoms with Gasteiger partial charge in [0.05, 0.1) is 6.54 Å². The minimum atomic E-state index is -2.63. The fourth-order valence-electron chi connectivity index (χ4n) is 2.43. The fraction of sp³-hybridized carbons (Fsp3) is 0.692.